The van der Waals surface area contributed by atoms with Crippen LogP contribution in [0.2, 0.25) is 0 Å². The molecule has 1 aromatic carbocycles. The number of hydrogen-bond donors (Lipinski definition) is 1. The Labute approximate surface area is 98.7 Å². The number of carboxylic acids is 1. The van der Waals surface area contributed by atoms with Gasteiger partial charge in [0.2, 0.25) is 11.7 Å². The van der Waals surface area contributed by atoms with Crippen LogP contribution in [0.4, 0.5) is 13.2 Å². The fourth-order valence-electron chi connectivity index (χ4n) is 1.41. The fraction of sp³-hybridized carbons (Fsp3) is 0.0909. The maximum Gasteiger partial charge on any atom is 0.417 e. The predicted molar refractivity (Wildman–Crippen MR) is 53.9 cm³/mol. The lowest BCUT2D eigenvalue weighted by atomic mass is 10.1. The predicted octanol–water partition coefficient (Wildman–Crippen LogP) is 3.06. The lowest BCUT2D eigenvalue weighted by Gasteiger charge is -2.09. The molecule has 0 aliphatic carbocycles. The molecule has 0 saturated carbocycles. The number of hydrogen-bond acceptors (Lipinski definition) is 3. The van der Waals surface area contributed by atoms with E-state index in [9.17, 15) is 18.0 Å². The first-order valence-electron chi connectivity index (χ1n) is 4.75. The topological polar surface area (TPSA) is 63.3 Å². The van der Waals surface area contributed by atoms with Crippen LogP contribution < -0.4 is 0 Å². The summed E-state index contributed by atoms with van der Waals surface area (Å²) in [6.45, 7) is 0. The smallest absolute Gasteiger partial charge is 0.417 e. The summed E-state index contributed by atoms with van der Waals surface area (Å²) < 4.78 is 42.9. The van der Waals surface area contributed by atoms with Gasteiger partial charge >= 0.3 is 12.1 Å². The molecule has 0 saturated heterocycles. The van der Waals surface area contributed by atoms with E-state index < -0.39 is 23.5 Å². The van der Waals surface area contributed by atoms with Crippen molar-refractivity contribution in [2.45, 2.75) is 6.18 Å². The Hall–Kier alpha value is -2.31. The Morgan fingerprint density at radius 2 is 1.94 bits per heavy atom. The summed E-state index contributed by atoms with van der Waals surface area (Å²) in [4.78, 5) is 14.1. The minimum atomic E-state index is -4.56. The second-order valence-corrected chi connectivity index (χ2v) is 3.38. The molecule has 1 aromatic heterocycles. The molecular formula is C11H6F3NO3. The number of rotatable bonds is 2. The first kappa shape index (κ1) is 12.2. The van der Waals surface area contributed by atoms with Crippen LogP contribution in [-0.2, 0) is 6.18 Å². The average Bonchev–Trinajstić information content (AvgIpc) is 2.77. The summed E-state index contributed by atoms with van der Waals surface area (Å²) in [5.41, 5.74) is -1.22. The minimum Gasteiger partial charge on any atom is -0.475 e. The molecular weight excluding hydrogens is 251 g/mol. The Kier molecular flexibility index (Phi) is 2.82. The average molecular weight is 257 g/mol. The Morgan fingerprint density at radius 3 is 2.50 bits per heavy atom. The van der Waals surface area contributed by atoms with Crippen molar-refractivity contribution < 1.29 is 27.5 Å². The van der Waals surface area contributed by atoms with Gasteiger partial charge in [-0.25, -0.2) is 9.78 Å². The third kappa shape index (κ3) is 2.20. The first-order chi connectivity index (χ1) is 8.39. The summed E-state index contributed by atoms with van der Waals surface area (Å²) in [6.07, 6.45) is -3.70. The molecule has 0 amide bonds. The molecule has 2 aromatic rings. The Balaban J connectivity index is 2.53. The zero-order valence-corrected chi connectivity index (χ0v) is 8.73. The van der Waals surface area contributed by atoms with Crippen molar-refractivity contribution in [1.29, 1.82) is 0 Å². The molecule has 94 valence electrons. The number of carboxylic acid groups (broad SMARTS) is 1. The number of carbonyl (C=O) groups is 1. The van der Waals surface area contributed by atoms with Crippen molar-refractivity contribution in [3.63, 3.8) is 0 Å². The van der Waals surface area contributed by atoms with Crippen molar-refractivity contribution in [2.75, 3.05) is 0 Å². The van der Waals surface area contributed by atoms with Gasteiger partial charge in [-0.05, 0) is 12.1 Å². The number of oxazole rings is 1. The maximum absolute atomic E-state index is 12.7. The third-order valence-corrected chi connectivity index (χ3v) is 2.18. The van der Waals surface area contributed by atoms with Gasteiger partial charge in [-0.15, -0.1) is 0 Å². The summed E-state index contributed by atoms with van der Waals surface area (Å²) >= 11 is 0. The number of aromatic nitrogens is 1. The molecule has 0 bridgehead atoms. The lowest BCUT2D eigenvalue weighted by molar-refractivity contribution is -0.137. The summed E-state index contributed by atoms with van der Waals surface area (Å²) in [7, 11) is 0. The molecule has 1 heterocycles. The number of alkyl halides is 3. The molecule has 0 radical (unpaired) electrons. The van der Waals surface area contributed by atoms with Crippen LogP contribution in [-0.4, -0.2) is 16.1 Å². The normalized spacial score (nSPS) is 11.5. The Bertz CT molecular complexity index is 589. The molecule has 18 heavy (non-hydrogen) atoms. The molecule has 0 aliphatic rings. The van der Waals surface area contributed by atoms with Gasteiger partial charge in [-0.2, -0.15) is 13.2 Å². The Morgan fingerprint density at radius 1 is 1.28 bits per heavy atom. The van der Waals surface area contributed by atoms with Crippen molar-refractivity contribution >= 4 is 5.97 Å². The molecule has 0 aliphatic heterocycles. The van der Waals surface area contributed by atoms with Crippen LogP contribution in [0.1, 0.15) is 16.1 Å². The van der Waals surface area contributed by atoms with Gasteiger partial charge < -0.3 is 9.52 Å². The zero-order chi connectivity index (χ0) is 13.3. The number of benzene rings is 1. The van der Waals surface area contributed by atoms with Gasteiger partial charge in [0.05, 0.1) is 11.8 Å². The summed E-state index contributed by atoms with van der Waals surface area (Å²) in [5, 5.41) is 8.62. The monoisotopic (exact) mass is 257 g/mol. The van der Waals surface area contributed by atoms with Gasteiger partial charge in [0, 0.05) is 5.56 Å². The first-order valence-corrected chi connectivity index (χ1v) is 4.75. The molecule has 0 fully saturated rings. The van der Waals surface area contributed by atoms with E-state index in [1.807, 2.05) is 0 Å². The number of aromatic carboxylic acids is 1. The highest BCUT2D eigenvalue weighted by atomic mass is 19.4. The quantitative estimate of drug-likeness (QED) is 0.897. The van der Waals surface area contributed by atoms with Crippen LogP contribution >= 0.6 is 0 Å². The second kappa shape index (κ2) is 4.17. The molecule has 4 nitrogen and oxygen atoms in total. The van der Waals surface area contributed by atoms with Crippen molar-refractivity contribution in [3.8, 4) is 11.5 Å². The zero-order valence-electron chi connectivity index (χ0n) is 8.73. The highest BCUT2D eigenvalue weighted by molar-refractivity contribution is 5.84. The highest BCUT2D eigenvalue weighted by Crippen LogP contribution is 2.36. The number of nitrogens with zero attached hydrogens (tertiary/aromatic N) is 1. The SMILES string of the molecule is O=C(O)c1cnc(-c2ccccc2C(F)(F)F)o1. The summed E-state index contributed by atoms with van der Waals surface area (Å²) in [6, 6.07) is 4.66. The van der Waals surface area contributed by atoms with Crippen LogP contribution in [0, 0.1) is 0 Å². The number of halogens is 3. The van der Waals surface area contributed by atoms with E-state index in [-0.39, 0.29) is 11.5 Å². The second-order valence-electron chi connectivity index (χ2n) is 3.38. The molecule has 0 atom stereocenters. The van der Waals surface area contributed by atoms with Crippen molar-refractivity contribution in [1.82, 2.24) is 4.98 Å². The largest absolute Gasteiger partial charge is 0.475 e. The van der Waals surface area contributed by atoms with Crippen LogP contribution in [0.3, 0.4) is 0 Å². The van der Waals surface area contributed by atoms with E-state index in [1.54, 1.807) is 0 Å². The molecule has 0 spiro atoms. The molecule has 0 unspecified atom stereocenters. The molecule has 7 heteroatoms. The molecule has 2 rings (SSSR count). The van der Waals surface area contributed by atoms with Gasteiger partial charge in [-0.3, -0.25) is 0 Å². The maximum atomic E-state index is 12.7. The van der Waals surface area contributed by atoms with E-state index in [0.29, 0.717) is 0 Å². The van der Waals surface area contributed by atoms with Crippen LogP contribution in [0.25, 0.3) is 11.5 Å². The van der Waals surface area contributed by atoms with Crippen LogP contribution in [0.5, 0.6) is 0 Å². The van der Waals surface area contributed by atoms with E-state index in [2.05, 4.69) is 4.98 Å². The van der Waals surface area contributed by atoms with Gasteiger partial charge in [0.1, 0.15) is 0 Å². The van der Waals surface area contributed by atoms with E-state index >= 15 is 0 Å². The van der Waals surface area contributed by atoms with E-state index in [4.69, 9.17) is 9.52 Å². The van der Waals surface area contributed by atoms with Crippen LogP contribution in [0.15, 0.2) is 34.9 Å². The highest BCUT2D eigenvalue weighted by Gasteiger charge is 2.34. The van der Waals surface area contributed by atoms with Gasteiger partial charge in [0.15, 0.2) is 0 Å². The lowest BCUT2D eigenvalue weighted by Crippen LogP contribution is -2.06. The van der Waals surface area contributed by atoms with Crippen molar-refractivity contribution in [3.05, 3.63) is 41.8 Å². The van der Waals surface area contributed by atoms with E-state index in [0.717, 1.165) is 12.3 Å². The van der Waals surface area contributed by atoms with Gasteiger partial charge in [0.25, 0.3) is 0 Å². The van der Waals surface area contributed by atoms with Crippen molar-refractivity contribution in [2.24, 2.45) is 0 Å². The summed E-state index contributed by atoms with van der Waals surface area (Å²) in [5.74, 6) is -2.28. The minimum absolute atomic E-state index is 0.294. The standard InChI is InChI=1S/C11H6F3NO3/c12-11(13,14)7-4-2-1-3-6(7)9-15-5-8(18-9)10(16)17/h1-5H,(H,16,17). The van der Waals surface area contributed by atoms with E-state index in [1.165, 1.54) is 18.2 Å². The fourth-order valence-corrected chi connectivity index (χ4v) is 1.41. The third-order valence-electron chi connectivity index (χ3n) is 2.18. The molecule has 1 N–H and O–H groups in total. The van der Waals surface area contributed by atoms with Gasteiger partial charge in [-0.1, -0.05) is 12.1 Å².